The molecule has 1 fully saturated rings. The van der Waals surface area contributed by atoms with E-state index in [1.807, 2.05) is 0 Å². The number of rotatable bonds is 2. The summed E-state index contributed by atoms with van der Waals surface area (Å²) in [7, 11) is 0. The van der Waals surface area contributed by atoms with E-state index in [4.69, 9.17) is 15.0 Å². The van der Waals surface area contributed by atoms with Gasteiger partial charge in [-0.15, -0.1) is 0 Å². The Labute approximate surface area is 117 Å². The smallest absolute Gasteiger partial charge is 0.246 e. The van der Waals surface area contributed by atoms with Crippen LogP contribution in [0.2, 0.25) is 0 Å². The third kappa shape index (κ3) is 1.77. The Hall–Kier alpha value is -1.72. The van der Waals surface area contributed by atoms with Crippen LogP contribution in [0.5, 0.6) is 0 Å². The first-order valence-corrected chi connectivity index (χ1v) is 7.05. The first-order chi connectivity index (χ1) is 9.76. The molecular formula is C15H17N3O2. The monoisotopic (exact) mass is 271 g/mol. The second-order valence-corrected chi connectivity index (χ2v) is 5.68. The third-order valence-electron chi connectivity index (χ3n) is 4.42. The molecule has 0 amide bonds. The maximum Gasteiger partial charge on any atom is 0.246 e. The Morgan fingerprint density at radius 3 is 2.80 bits per heavy atom. The van der Waals surface area contributed by atoms with Gasteiger partial charge in [-0.1, -0.05) is 29.4 Å². The molecule has 104 valence electrons. The molecule has 2 aliphatic rings. The molecule has 2 heterocycles. The van der Waals surface area contributed by atoms with Crippen LogP contribution in [0, 0.1) is 0 Å². The van der Waals surface area contributed by atoms with E-state index in [1.165, 1.54) is 11.1 Å². The molecule has 0 bridgehead atoms. The van der Waals surface area contributed by atoms with Crippen molar-refractivity contribution in [3.63, 3.8) is 0 Å². The lowest BCUT2D eigenvalue weighted by Crippen LogP contribution is -2.42. The van der Waals surface area contributed by atoms with Crippen LogP contribution in [0.4, 0.5) is 0 Å². The van der Waals surface area contributed by atoms with Gasteiger partial charge in [0.25, 0.3) is 0 Å². The van der Waals surface area contributed by atoms with Gasteiger partial charge in [0.2, 0.25) is 5.89 Å². The van der Waals surface area contributed by atoms with Crippen LogP contribution < -0.4 is 5.73 Å². The lowest BCUT2D eigenvalue weighted by molar-refractivity contribution is 0.0400. The van der Waals surface area contributed by atoms with Crippen molar-refractivity contribution in [2.45, 2.75) is 30.7 Å². The summed E-state index contributed by atoms with van der Waals surface area (Å²) >= 11 is 0. The van der Waals surface area contributed by atoms with Gasteiger partial charge in [-0.3, -0.25) is 0 Å². The van der Waals surface area contributed by atoms with Crippen LogP contribution in [0.15, 0.2) is 28.8 Å². The van der Waals surface area contributed by atoms with Gasteiger partial charge in [0.05, 0.1) is 5.92 Å². The Bertz CT molecular complexity index is 632. The van der Waals surface area contributed by atoms with E-state index in [0.29, 0.717) is 19.1 Å². The second-order valence-electron chi connectivity index (χ2n) is 5.68. The highest BCUT2D eigenvalue weighted by molar-refractivity contribution is 5.43. The predicted octanol–water partition coefficient (Wildman–Crippen LogP) is 1.72. The van der Waals surface area contributed by atoms with Crippen LogP contribution in [-0.2, 0) is 16.7 Å². The van der Waals surface area contributed by atoms with Crippen molar-refractivity contribution in [1.29, 1.82) is 0 Å². The summed E-state index contributed by atoms with van der Waals surface area (Å²) in [6.07, 6.45) is 2.45. The highest BCUT2D eigenvalue weighted by atomic mass is 16.5. The molecule has 0 spiro atoms. The van der Waals surface area contributed by atoms with Gasteiger partial charge in [-0.25, -0.2) is 0 Å². The van der Waals surface area contributed by atoms with Gasteiger partial charge >= 0.3 is 0 Å². The summed E-state index contributed by atoms with van der Waals surface area (Å²) in [5, 5.41) is 4.15. The highest BCUT2D eigenvalue weighted by Gasteiger charge is 2.38. The zero-order valence-electron chi connectivity index (χ0n) is 11.2. The average molecular weight is 271 g/mol. The van der Waals surface area contributed by atoms with E-state index >= 15 is 0 Å². The van der Waals surface area contributed by atoms with Crippen molar-refractivity contribution in [1.82, 2.24) is 10.1 Å². The molecule has 20 heavy (non-hydrogen) atoms. The van der Waals surface area contributed by atoms with Crippen molar-refractivity contribution in [2.24, 2.45) is 5.73 Å². The second kappa shape index (κ2) is 4.40. The summed E-state index contributed by atoms with van der Waals surface area (Å²) in [5.41, 5.74) is 8.53. The molecule has 4 rings (SSSR count). The number of nitrogens with two attached hydrogens (primary N) is 1. The number of benzene rings is 1. The van der Waals surface area contributed by atoms with Crippen molar-refractivity contribution < 1.29 is 9.26 Å². The fraction of sp³-hybridized carbons (Fsp3) is 0.467. The summed E-state index contributed by atoms with van der Waals surface area (Å²) in [6, 6.07) is 8.39. The lowest BCUT2D eigenvalue weighted by atomic mass is 9.77. The van der Waals surface area contributed by atoms with Crippen LogP contribution in [0.25, 0.3) is 0 Å². The predicted molar refractivity (Wildman–Crippen MR) is 72.2 cm³/mol. The van der Waals surface area contributed by atoms with Gasteiger partial charge in [0.1, 0.15) is 5.54 Å². The zero-order chi connectivity index (χ0) is 13.6. The van der Waals surface area contributed by atoms with E-state index < -0.39 is 5.54 Å². The Balaban J connectivity index is 1.61. The Morgan fingerprint density at radius 1 is 1.20 bits per heavy atom. The number of hydrogen-bond acceptors (Lipinski definition) is 5. The van der Waals surface area contributed by atoms with Crippen LogP contribution in [0.3, 0.4) is 0 Å². The number of hydrogen-bond donors (Lipinski definition) is 1. The molecule has 1 saturated heterocycles. The molecule has 2 aromatic rings. The maximum absolute atomic E-state index is 6.37. The summed E-state index contributed by atoms with van der Waals surface area (Å²) in [5.74, 6) is 1.57. The zero-order valence-corrected chi connectivity index (χ0v) is 11.2. The number of aromatic nitrogens is 2. The van der Waals surface area contributed by atoms with Crippen molar-refractivity contribution in [2.75, 3.05) is 13.2 Å². The minimum absolute atomic E-state index is 0.257. The van der Waals surface area contributed by atoms with Gasteiger partial charge < -0.3 is 15.0 Å². The van der Waals surface area contributed by atoms with Crippen LogP contribution in [-0.4, -0.2) is 23.4 Å². The summed E-state index contributed by atoms with van der Waals surface area (Å²) in [4.78, 5) is 4.57. The molecule has 2 N–H and O–H groups in total. The lowest BCUT2D eigenvalue weighted by Gasteiger charge is -2.29. The topological polar surface area (TPSA) is 74.2 Å². The highest BCUT2D eigenvalue weighted by Crippen LogP contribution is 2.39. The van der Waals surface area contributed by atoms with Crippen LogP contribution in [0.1, 0.15) is 41.6 Å². The first kappa shape index (κ1) is 12.1. The van der Waals surface area contributed by atoms with E-state index in [2.05, 4.69) is 34.4 Å². The Kier molecular flexibility index (Phi) is 2.65. The molecular weight excluding hydrogens is 254 g/mol. The van der Waals surface area contributed by atoms with E-state index in [-0.39, 0.29) is 5.92 Å². The molecule has 1 atom stereocenters. The maximum atomic E-state index is 6.37. The number of nitrogens with zero attached hydrogens (tertiary/aromatic N) is 2. The van der Waals surface area contributed by atoms with Gasteiger partial charge in [0.15, 0.2) is 5.82 Å². The summed E-state index contributed by atoms with van der Waals surface area (Å²) < 4.78 is 10.8. The molecule has 0 saturated carbocycles. The fourth-order valence-corrected chi connectivity index (χ4v) is 3.02. The SMILES string of the molecule is NC1(c2nc(C3Cc4ccccc43)no2)CCOCC1. The van der Waals surface area contributed by atoms with Gasteiger partial charge in [0, 0.05) is 13.2 Å². The van der Waals surface area contributed by atoms with Crippen LogP contribution >= 0.6 is 0 Å². The van der Waals surface area contributed by atoms with Gasteiger partial charge in [-0.2, -0.15) is 4.98 Å². The fourth-order valence-electron chi connectivity index (χ4n) is 3.02. The minimum atomic E-state index is -0.521. The molecule has 1 aromatic heterocycles. The standard InChI is InChI=1S/C15H17N3O2/c16-15(5-7-19-8-6-15)14-17-13(18-20-14)12-9-10-3-1-2-4-11(10)12/h1-4,12H,5-9,16H2. The van der Waals surface area contributed by atoms with E-state index in [1.54, 1.807) is 0 Å². The third-order valence-corrected chi connectivity index (χ3v) is 4.42. The molecule has 1 aliphatic carbocycles. The van der Waals surface area contributed by atoms with E-state index in [0.717, 1.165) is 25.1 Å². The molecule has 5 heteroatoms. The number of fused-ring (bicyclic) bond motifs is 1. The Morgan fingerprint density at radius 2 is 2.00 bits per heavy atom. The minimum Gasteiger partial charge on any atom is -0.381 e. The largest absolute Gasteiger partial charge is 0.381 e. The molecule has 1 aromatic carbocycles. The van der Waals surface area contributed by atoms with Crippen molar-refractivity contribution >= 4 is 0 Å². The van der Waals surface area contributed by atoms with Gasteiger partial charge in [-0.05, 0) is 30.4 Å². The molecule has 0 radical (unpaired) electrons. The summed E-state index contributed by atoms with van der Waals surface area (Å²) in [6.45, 7) is 1.31. The van der Waals surface area contributed by atoms with Crippen molar-refractivity contribution in [3.05, 3.63) is 47.1 Å². The number of ether oxygens (including phenoxy) is 1. The van der Waals surface area contributed by atoms with E-state index in [9.17, 15) is 0 Å². The molecule has 5 nitrogen and oxygen atoms in total. The van der Waals surface area contributed by atoms with Crippen molar-refractivity contribution in [3.8, 4) is 0 Å². The quantitative estimate of drug-likeness (QED) is 0.900. The first-order valence-electron chi connectivity index (χ1n) is 7.05. The average Bonchev–Trinajstić information content (AvgIpc) is 2.91. The molecule has 1 aliphatic heterocycles. The normalized spacial score (nSPS) is 23.9. The molecule has 1 unspecified atom stereocenters.